The molecule has 5 rings (SSSR count). The number of halogens is 2. The molecule has 2 aliphatic rings. The molecule has 44 heavy (non-hydrogen) atoms. The molecule has 12 nitrogen and oxygen atoms in total. The number of carboxylic acid groups (broad SMARTS) is 1. The average Bonchev–Trinajstić information content (AvgIpc) is 3.57. The van der Waals surface area contributed by atoms with Gasteiger partial charge in [0, 0.05) is 63.8 Å². The number of aromatic nitrogens is 2. The van der Waals surface area contributed by atoms with Crippen LogP contribution in [0.5, 0.6) is 0 Å². The number of anilines is 5. The fraction of sp³-hybridized carbons (Fsp3) is 0.367. The summed E-state index contributed by atoms with van der Waals surface area (Å²) in [5.74, 6) is -1.83. The number of para-hydroxylation sites is 1. The first-order valence-corrected chi connectivity index (χ1v) is 14.7. The van der Waals surface area contributed by atoms with E-state index >= 15 is 0 Å². The molecule has 1 aromatic heterocycles. The van der Waals surface area contributed by atoms with Crippen molar-refractivity contribution in [2.75, 3.05) is 60.3 Å². The van der Waals surface area contributed by atoms with Crippen LogP contribution in [0, 0.1) is 5.82 Å². The maximum atomic E-state index is 14.4. The van der Waals surface area contributed by atoms with E-state index in [0.717, 1.165) is 24.2 Å². The van der Waals surface area contributed by atoms with Gasteiger partial charge in [0.1, 0.15) is 23.4 Å². The van der Waals surface area contributed by atoms with Gasteiger partial charge in [0.25, 0.3) is 5.91 Å². The summed E-state index contributed by atoms with van der Waals surface area (Å²) in [7, 11) is 1.78. The number of nitrogens with zero attached hydrogens (tertiary/aromatic N) is 5. The number of hydrogen-bond donors (Lipinski definition) is 3. The van der Waals surface area contributed by atoms with Gasteiger partial charge in [0.05, 0.1) is 17.1 Å². The average molecular weight is 626 g/mol. The van der Waals surface area contributed by atoms with Gasteiger partial charge in [-0.3, -0.25) is 14.4 Å². The van der Waals surface area contributed by atoms with Crippen molar-refractivity contribution in [1.29, 1.82) is 0 Å². The Morgan fingerprint density at radius 2 is 1.86 bits per heavy atom. The fourth-order valence-corrected chi connectivity index (χ4v) is 5.34. The molecule has 3 heterocycles. The maximum absolute atomic E-state index is 14.4. The van der Waals surface area contributed by atoms with Crippen molar-refractivity contribution in [1.82, 2.24) is 14.9 Å². The molecule has 14 heteroatoms. The molecule has 2 aliphatic heterocycles. The van der Waals surface area contributed by atoms with Crippen LogP contribution in [-0.2, 0) is 14.3 Å². The Morgan fingerprint density at radius 1 is 1.11 bits per heavy atom. The highest BCUT2D eigenvalue weighted by atomic mass is 35.5. The van der Waals surface area contributed by atoms with Gasteiger partial charge in [-0.15, -0.1) is 0 Å². The topological polar surface area (TPSA) is 140 Å². The second-order valence-corrected chi connectivity index (χ2v) is 10.9. The lowest BCUT2D eigenvalue weighted by Gasteiger charge is -2.36. The van der Waals surface area contributed by atoms with Crippen LogP contribution in [0.2, 0.25) is 5.02 Å². The summed E-state index contributed by atoms with van der Waals surface area (Å²) >= 11 is 6.12. The number of ether oxygens (including phenoxy) is 1. The first-order valence-electron chi connectivity index (χ1n) is 14.3. The highest BCUT2D eigenvalue weighted by Crippen LogP contribution is 2.29. The first-order chi connectivity index (χ1) is 21.2. The molecule has 3 aromatic rings. The van der Waals surface area contributed by atoms with Crippen LogP contribution in [0.1, 0.15) is 36.0 Å². The molecule has 1 unspecified atom stereocenters. The predicted molar refractivity (Wildman–Crippen MR) is 164 cm³/mol. The zero-order valence-electron chi connectivity index (χ0n) is 24.1. The third kappa shape index (κ3) is 7.34. The van der Waals surface area contributed by atoms with Gasteiger partial charge in [-0.1, -0.05) is 17.7 Å². The number of aliphatic carboxylic acids is 1. The van der Waals surface area contributed by atoms with Crippen molar-refractivity contribution >= 4 is 58.2 Å². The quantitative estimate of drug-likeness (QED) is 0.298. The second-order valence-electron chi connectivity index (χ2n) is 10.5. The number of rotatable bonds is 10. The summed E-state index contributed by atoms with van der Waals surface area (Å²) in [6.45, 7) is 2.91. The van der Waals surface area contributed by atoms with Crippen molar-refractivity contribution in [3.63, 3.8) is 0 Å². The second kappa shape index (κ2) is 13.9. The molecule has 0 spiro atoms. The molecule has 2 aromatic carbocycles. The van der Waals surface area contributed by atoms with Crippen LogP contribution in [0.3, 0.4) is 0 Å². The number of piperazine rings is 1. The summed E-state index contributed by atoms with van der Waals surface area (Å²) in [6.07, 6.45) is 2.58. The van der Waals surface area contributed by atoms with Gasteiger partial charge in [0.2, 0.25) is 11.9 Å². The molecule has 2 fully saturated rings. The Labute approximate surface area is 258 Å². The van der Waals surface area contributed by atoms with Gasteiger partial charge in [-0.05, 0) is 49.2 Å². The van der Waals surface area contributed by atoms with Crippen molar-refractivity contribution in [2.45, 2.75) is 31.9 Å². The summed E-state index contributed by atoms with van der Waals surface area (Å²) < 4.78 is 20.2. The maximum Gasteiger partial charge on any atom is 0.303 e. The number of benzene rings is 2. The minimum Gasteiger partial charge on any atom is -0.481 e. The van der Waals surface area contributed by atoms with E-state index in [4.69, 9.17) is 21.4 Å². The summed E-state index contributed by atoms with van der Waals surface area (Å²) in [5, 5.41) is 14.6. The van der Waals surface area contributed by atoms with Crippen LogP contribution >= 0.6 is 11.6 Å². The number of nitrogens with one attached hydrogen (secondary N) is 2. The third-order valence-corrected chi connectivity index (χ3v) is 7.87. The Balaban J connectivity index is 1.28. The van der Waals surface area contributed by atoms with E-state index < -0.39 is 17.7 Å². The van der Waals surface area contributed by atoms with Crippen LogP contribution in [-0.4, -0.2) is 83.8 Å². The van der Waals surface area contributed by atoms with E-state index in [0.29, 0.717) is 38.6 Å². The lowest BCUT2D eigenvalue weighted by molar-refractivity contribution is -0.141. The molecule has 0 bridgehead atoms. The number of carboxylic acids is 1. The largest absolute Gasteiger partial charge is 0.481 e. The molecule has 2 amide bonds. The molecule has 1 atom stereocenters. The van der Waals surface area contributed by atoms with Crippen molar-refractivity contribution in [3.05, 3.63) is 65.1 Å². The zero-order chi connectivity index (χ0) is 31.2. The highest BCUT2D eigenvalue weighted by Gasteiger charge is 2.27. The lowest BCUT2D eigenvalue weighted by atomic mass is 10.2. The zero-order valence-corrected chi connectivity index (χ0v) is 24.9. The molecular weight excluding hydrogens is 593 g/mol. The highest BCUT2D eigenvalue weighted by molar-refractivity contribution is 6.34. The monoisotopic (exact) mass is 625 g/mol. The van der Waals surface area contributed by atoms with Gasteiger partial charge < -0.3 is 35.2 Å². The van der Waals surface area contributed by atoms with Crippen molar-refractivity contribution in [2.24, 2.45) is 0 Å². The standard InChI is InChI=1S/C30H33ClFN7O5/c1-37(25-6-3-17-44-25)28-21(29(43)35-27-22(31)4-2-5-23(27)32)18-33-30(36-28)34-19-7-9-20(10-8-19)38-13-15-39(16-14-38)24(40)11-12-26(41)42/h2,4-5,7-10,18,25H,3,6,11-17H2,1H3,(H,35,43)(H,41,42)(H,33,34,36). The van der Waals surface area contributed by atoms with E-state index in [2.05, 4.69) is 25.5 Å². The molecule has 2 saturated heterocycles. The molecule has 232 valence electrons. The predicted octanol–water partition coefficient (Wildman–Crippen LogP) is 4.35. The Kier molecular flexibility index (Phi) is 9.75. The van der Waals surface area contributed by atoms with Crippen molar-refractivity contribution < 1.29 is 28.6 Å². The molecule has 0 saturated carbocycles. The van der Waals surface area contributed by atoms with Gasteiger partial charge in [-0.25, -0.2) is 9.37 Å². The summed E-state index contributed by atoms with van der Waals surface area (Å²) in [6, 6.07) is 11.8. The number of amides is 2. The minimum atomic E-state index is -0.978. The number of hydrogen-bond acceptors (Lipinski definition) is 9. The molecule has 3 N–H and O–H groups in total. The van der Waals surface area contributed by atoms with Gasteiger partial charge in [-0.2, -0.15) is 4.98 Å². The van der Waals surface area contributed by atoms with E-state index in [1.807, 2.05) is 24.3 Å². The smallest absolute Gasteiger partial charge is 0.303 e. The van der Waals surface area contributed by atoms with E-state index in [1.54, 1.807) is 16.8 Å². The minimum absolute atomic E-state index is 0.00847. The van der Waals surface area contributed by atoms with Crippen LogP contribution in [0.25, 0.3) is 0 Å². The van der Waals surface area contributed by atoms with Crippen molar-refractivity contribution in [3.8, 4) is 0 Å². The fourth-order valence-electron chi connectivity index (χ4n) is 5.13. The normalized spacial score (nSPS) is 16.5. The Morgan fingerprint density at radius 3 is 2.52 bits per heavy atom. The Bertz CT molecular complexity index is 1490. The van der Waals surface area contributed by atoms with Crippen LogP contribution in [0.4, 0.5) is 33.2 Å². The lowest BCUT2D eigenvalue weighted by Crippen LogP contribution is -2.48. The van der Waals surface area contributed by atoms with Crippen LogP contribution in [0.15, 0.2) is 48.7 Å². The van der Waals surface area contributed by atoms with E-state index in [-0.39, 0.29) is 47.2 Å². The SMILES string of the molecule is CN(c1nc(Nc2ccc(N3CCN(C(=O)CCC(=O)O)CC3)cc2)ncc1C(=O)Nc1c(F)cccc1Cl)C1CCCO1. The Hall–Kier alpha value is -4.49. The number of carbonyl (C=O) groups excluding carboxylic acids is 2. The summed E-state index contributed by atoms with van der Waals surface area (Å²) in [5.41, 5.74) is 1.70. The third-order valence-electron chi connectivity index (χ3n) is 7.56. The molecule has 0 aliphatic carbocycles. The first kappa shape index (κ1) is 31.0. The van der Waals surface area contributed by atoms with Gasteiger partial charge >= 0.3 is 5.97 Å². The van der Waals surface area contributed by atoms with E-state index in [1.165, 1.54) is 24.4 Å². The number of carbonyl (C=O) groups is 3. The molecular formula is C30H33ClFN7O5. The summed E-state index contributed by atoms with van der Waals surface area (Å²) in [4.78, 5) is 50.9. The van der Waals surface area contributed by atoms with E-state index in [9.17, 15) is 18.8 Å². The van der Waals surface area contributed by atoms with Crippen LogP contribution < -0.4 is 20.4 Å². The van der Waals surface area contributed by atoms with Gasteiger partial charge in [0.15, 0.2) is 0 Å². The molecule has 0 radical (unpaired) electrons.